The van der Waals surface area contributed by atoms with Crippen LogP contribution < -0.4 is 5.32 Å². The van der Waals surface area contributed by atoms with Crippen LogP contribution >= 0.6 is 27.3 Å². The van der Waals surface area contributed by atoms with E-state index in [4.69, 9.17) is 0 Å². The number of carbonyl (C=O) groups excluding carboxylic acids is 3. The molecule has 0 aromatic carbocycles. The molecule has 0 saturated carbocycles. The van der Waals surface area contributed by atoms with Crippen LogP contribution in [0.2, 0.25) is 0 Å². The van der Waals surface area contributed by atoms with Crippen molar-refractivity contribution in [2.75, 3.05) is 13.1 Å². The Bertz CT molecular complexity index is 455. The third kappa shape index (κ3) is 2.30. The van der Waals surface area contributed by atoms with Crippen molar-refractivity contribution < 1.29 is 14.4 Å². The molecule has 7 heteroatoms. The van der Waals surface area contributed by atoms with Crippen molar-refractivity contribution >= 4 is 45.0 Å². The molecule has 0 radical (unpaired) electrons. The lowest BCUT2D eigenvalue weighted by Gasteiger charge is -2.24. The predicted octanol–water partition coefficient (Wildman–Crippen LogP) is 0.609. The van der Waals surface area contributed by atoms with Gasteiger partial charge in [-0.25, -0.2) is 0 Å². The first-order chi connectivity index (χ1) is 7.56. The number of carbonyl (C=O) groups is 3. The van der Waals surface area contributed by atoms with Crippen molar-refractivity contribution in [1.82, 2.24) is 10.2 Å². The molecule has 0 aliphatic carbocycles. The van der Waals surface area contributed by atoms with Gasteiger partial charge in [0.05, 0.1) is 9.35 Å². The summed E-state index contributed by atoms with van der Waals surface area (Å²) in [5.74, 6) is -1.19. The van der Waals surface area contributed by atoms with E-state index in [0.29, 0.717) is 5.56 Å². The van der Waals surface area contributed by atoms with Crippen LogP contribution in [0.25, 0.3) is 0 Å². The lowest BCUT2D eigenvalue weighted by atomic mass is 10.2. The van der Waals surface area contributed by atoms with E-state index in [1.54, 1.807) is 11.4 Å². The number of thiophene rings is 1. The zero-order valence-electron chi connectivity index (χ0n) is 8.03. The van der Waals surface area contributed by atoms with Crippen molar-refractivity contribution in [2.24, 2.45) is 0 Å². The van der Waals surface area contributed by atoms with Crippen LogP contribution in [-0.2, 0) is 9.59 Å². The van der Waals surface area contributed by atoms with Crippen LogP contribution in [0.4, 0.5) is 0 Å². The summed E-state index contributed by atoms with van der Waals surface area (Å²) in [6, 6.07) is 1.67. The molecule has 1 aliphatic heterocycles. The number of nitrogens with one attached hydrogen (secondary N) is 1. The Morgan fingerprint density at radius 3 is 2.50 bits per heavy atom. The van der Waals surface area contributed by atoms with Gasteiger partial charge in [-0.2, -0.15) is 0 Å². The molecule has 84 valence electrons. The fourth-order valence-electron chi connectivity index (χ4n) is 1.39. The Hall–Kier alpha value is -1.21. The van der Waals surface area contributed by atoms with Crippen LogP contribution in [0.5, 0.6) is 0 Å². The monoisotopic (exact) mass is 302 g/mol. The topological polar surface area (TPSA) is 66.5 Å². The Kier molecular flexibility index (Phi) is 3.06. The minimum Gasteiger partial charge on any atom is -0.320 e. The molecule has 1 aromatic rings. The van der Waals surface area contributed by atoms with Gasteiger partial charge in [-0.15, -0.1) is 11.3 Å². The first kappa shape index (κ1) is 11.3. The van der Waals surface area contributed by atoms with E-state index in [2.05, 4.69) is 21.2 Å². The summed E-state index contributed by atoms with van der Waals surface area (Å²) in [6.45, 7) is -0.143. The summed E-state index contributed by atoms with van der Waals surface area (Å²) in [6.07, 6.45) is 0. The predicted molar refractivity (Wildman–Crippen MR) is 61.1 cm³/mol. The van der Waals surface area contributed by atoms with Gasteiger partial charge in [-0.05, 0) is 22.0 Å². The summed E-state index contributed by atoms with van der Waals surface area (Å²) in [4.78, 5) is 35.3. The molecule has 1 fully saturated rings. The highest BCUT2D eigenvalue weighted by Crippen LogP contribution is 2.21. The van der Waals surface area contributed by atoms with Crippen molar-refractivity contribution in [2.45, 2.75) is 0 Å². The third-order valence-corrected chi connectivity index (χ3v) is 3.55. The van der Waals surface area contributed by atoms with Gasteiger partial charge in [-0.3, -0.25) is 19.7 Å². The molecule has 0 atom stereocenters. The van der Waals surface area contributed by atoms with E-state index in [1.165, 1.54) is 16.2 Å². The van der Waals surface area contributed by atoms with E-state index in [0.717, 1.165) is 3.79 Å². The second-order valence-electron chi connectivity index (χ2n) is 3.27. The van der Waals surface area contributed by atoms with Gasteiger partial charge in [0.25, 0.3) is 5.91 Å². The molecular formula is C9H7BrN2O3S. The van der Waals surface area contributed by atoms with Crippen molar-refractivity contribution in [3.8, 4) is 0 Å². The average Bonchev–Trinajstić information content (AvgIpc) is 2.62. The minimum atomic E-state index is -0.445. The van der Waals surface area contributed by atoms with Crippen molar-refractivity contribution in [3.05, 3.63) is 20.8 Å². The molecule has 2 heterocycles. The molecule has 3 amide bonds. The summed E-state index contributed by atoms with van der Waals surface area (Å²) >= 11 is 4.63. The summed E-state index contributed by atoms with van der Waals surface area (Å²) in [7, 11) is 0. The molecular weight excluding hydrogens is 296 g/mol. The van der Waals surface area contributed by atoms with Gasteiger partial charge in [-0.1, -0.05) is 0 Å². The maximum atomic E-state index is 11.9. The SMILES string of the molecule is O=C1CN(C(=O)c2csc(Br)c2)CC(=O)N1. The molecule has 2 rings (SSSR count). The Morgan fingerprint density at radius 1 is 1.38 bits per heavy atom. The third-order valence-electron chi connectivity index (χ3n) is 2.05. The number of halogens is 1. The smallest absolute Gasteiger partial charge is 0.255 e. The first-order valence-corrected chi connectivity index (χ1v) is 6.09. The molecule has 0 unspecified atom stereocenters. The number of hydrogen-bond donors (Lipinski definition) is 1. The van der Waals surface area contributed by atoms with Crippen molar-refractivity contribution in [1.29, 1.82) is 0 Å². The Labute approximate surface area is 104 Å². The molecule has 1 aliphatic rings. The van der Waals surface area contributed by atoms with E-state index >= 15 is 0 Å². The fraction of sp³-hybridized carbons (Fsp3) is 0.222. The van der Waals surface area contributed by atoms with Gasteiger partial charge in [0.15, 0.2) is 0 Å². The number of amides is 3. The van der Waals surface area contributed by atoms with Gasteiger partial charge < -0.3 is 4.90 Å². The molecule has 0 bridgehead atoms. The lowest BCUT2D eigenvalue weighted by molar-refractivity contribution is -0.135. The van der Waals surface area contributed by atoms with Gasteiger partial charge >= 0.3 is 0 Å². The lowest BCUT2D eigenvalue weighted by Crippen LogP contribution is -2.53. The highest BCUT2D eigenvalue weighted by Gasteiger charge is 2.27. The van der Waals surface area contributed by atoms with E-state index < -0.39 is 11.8 Å². The molecule has 1 aromatic heterocycles. The zero-order chi connectivity index (χ0) is 11.7. The standard InChI is InChI=1S/C9H7BrN2O3S/c10-6-1-5(4-16-6)9(15)12-2-7(13)11-8(14)3-12/h1,4H,2-3H2,(H,11,13,14). The quantitative estimate of drug-likeness (QED) is 0.773. The number of imide groups is 1. The summed E-state index contributed by atoms with van der Waals surface area (Å²) in [5, 5.41) is 3.83. The Morgan fingerprint density at radius 2 is 2.00 bits per heavy atom. The number of hydrogen-bond acceptors (Lipinski definition) is 4. The molecule has 1 saturated heterocycles. The molecule has 5 nitrogen and oxygen atoms in total. The van der Waals surface area contributed by atoms with Crippen LogP contribution in [0, 0.1) is 0 Å². The highest BCUT2D eigenvalue weighted by molar-refractivity contribution is 9.11. The summed E-state index contributed by atoms with van der Waals surface area (Å²) in [5.41, 5.74) is 0.486. The second-order valence-corrected chi connectivity index (χ2v) is 5.56. The maximum Gasteiger partial charge on any atom is 0.255 e. The number of nitrogens with zero attached hydrogens (tertiary/aromatic N) is 1. The summed E-state index contributed by atoms with van der Waals surface area (Å²) < 4.78 is 0.837. The number of rotatable bonds is 1. The van der Waals surface area contributed by atoms with Crippen LogP contribution in [0.1, 0.15) is 10.4 Å². The van der Waals surface area contributed by atoms with E-state index in [-0.39, 0.29) is 19.0 Å². The Balaban J connectivity index is 2.15. The highest BCUT2D eigenvalue weighted by atomic mass is 79.9. The van der Waals surface area contributed by atoms with Crippen LogP contribution in [0.3, 0.4) is 0 Å². The number of piperazine rings is 1. The van der Waals surface area contributed by atoms with Gasteiger partial charge in [0.2, 0.25) is 11.8 Å². The van der Waals surface area contributed by atoms with Crippen LogP contribution in [0.15, 0.2) is 15.2 Å². The first-order valence-electron chi connectivity index (χ1n) is 4.42. The van der Waals surface area contributed by atoms with E-state index in [1.807, 2.05) is 0 Å². The van der Waals surface area contributed by atoms with Gasteiger partial charge in [0.1, 0.15) is 13.1 Å². The van der Waals surface area contributed by atoms with Crippen molar-refractivity contribution in [3.63, 3.8) is 0 Å². The normalized spacial score (nSPS) is 16.2. The largest absolute Gasteiger partial charge is 0.320 e. The minimum absolute atomic E-state index is 0.0714. The molecule has 16 heavy (non-hydrogen) atoms. The average molecular weight is 303 g/mol. The second kappa shape index (κ2) is 4.34. The zero-order valence-corrected chi connectivity index (χ0v) is 10.4. The van der Waals surface area contributed by atoms with Crippen LogP contribution in [-0.4, -0.2) is 35.7 Å². The van der Waals surface area contributed by atoms with Gasteiger partial charge in [0, 0.05) is 5.38 Å². The maximum absolute atomic E-state index is 11.9. The molecule has 0 spiro atoms. The van der Waals surface area contributed by atoms with E-state index in [9.17, 15) is 14.4 Å². The molecule has 1 N–H and O–H groups in total. The fourth-order valence-corrected chi connectivity index (χ4v) is 2.52.